The quantitative estimate of drug-likeness (QED) is 0.657. The highest BCUT2D eigenvalue weighted by atomic mass is 16.2. The molecular formula is C18H20N8O2. The van der Waals surface area contributed by atoms with Gasteiger partial charge >= 0.3 is 0 Å². The summed E-state index contributed by atoms with van der Waals surface area (Å²) >= 11 is 0. The Morgan fingerprint density at radius 1 is 1.14 bits per heavy atom. The van der Waals surface area contributed by atoms with Gasteiger partial charge in [-0.15, -0.1) is 5.10 Å². The molecule has 3 aromatic rings. The molecule has 0 aliphatic carbocycles. The zero-order valence-electron chi connectivity index (χ0n) is 15.2. The SMILES string of the molecule is O=C([C@@H](Cc1ccccc1)n1cnnn1)N1CCN(c2ncc[nH]c2=O)CC1. The van der Waals surface area contributed by atoms with Crippen LogP contribution in [0.4, 0.5) is 5.82 Å². The molecule has 0 spiro atoms. The second kappa shape index (κ2) is 7.99. The molecule has 0 unspecified atom stereocenters. The predicted molar refractivity (Wildman–Crippen MR) is 101 cm³/mol. The number of nitrogens with zero attached hydrogens (tertiary/aromatic N) is 7. The van der Waals surface area contributed by atoms with Crippen LogP contribution in [0.15, 0.2) is 53.8 Å². The molecule has 1 atom stereocenters. The third-order valence-electron chi connectivity index (χ3n) is 4.82. The Morgan fingerprint density at radius 2 is 1.93 bits per heavy atom. The number of benzene rings is 1. The van der Waals surface area contributed by atoms with E-state index in [-0.39, 0.29) is 11.5 Å². The van der Waals surface area contributed by atoms with Crippen molar-refractivity contribution < 1.29 is 4.79 Å². The van der Waals surface area contributed by atoms with E-state index >= 15 is 0 Å². The third-order valence-corrected chi connectivity index (χ3v) is 4.82. The minimum atomic E-state index is -0.512. The maximum Gasteiger partial charge on any atom is 0.290 e. The average Bonchev–Trinajstić information content (AvgIpc) is 3.27. The van der Waals surface area contributed by atoms with Crippen LogP contribution in [-0.2, 0) is 11.2 Å². The fourth-order valence-corrected chi connectivity index (χ4v) is 3.36. The lowest BCUT2D eigenvalue weighted by molar-refractivity contribution is -0.135. The molecule has 0 saturated carbocycles. The van der Waals surface area contributed by atoms with Crippen molar-refractivity contribution in [2.45, 2.75) is 12.5 Å². The van der Waals surface area contributed by atoms with E-state index in [0.29, 0.717) is 38.4 Å². The maximum absolute atomic E-state index is 13.2. The summed E-state index contributed by atoms with van der Waals surface area (Å²) in [7, 11) is 0. The standard InChI is InChI=1S/C18H20N8O2/c27-17-16(19-6-7-20-17)24-8-10-25(11-9-24)18(28)15(26-13-21-22-23-26)12-14-4-2-1-3-5-14/h1-7,13,15H,8-12H2,(H,20,27)/t15-/m1/s1. The Kier molecular flexibility index (Phi) is 5.09. The van der Waals surface area contributed by atoms with E-state index in [4.69, 9.17) is 0 Å². The molecule has 2 aromatic heterocycles. The largest absolute Gasteiger partial charge is 0.348 e. The van der Waals surface area contributed by atoms with Gasteiger partial charge < -0.3 is 14.8 Å². The summed E-state index contributed by atoms with van der Waals surface area (Å²) in [5.74, 6) is 0.349. The number of amides is 1. The first-order chi connectivity index (χ1) is 13.7. The van der Waals surface area contributed by atoms with Gasteiger partial charge in [0.1, 0.15) is 12.4 Å². The lowest BCUT2D eigenvalue weighted by atomic mass is 10.0. The Bertz CT molecular complexity index is 965. The van der Waals surface area contributed by atoms with Gasteiger partial charge in [0.25, 0.3) is 5.56 Å². The smallest absolute Gasteiger partial charge is 0.290 e. The van der Waals surface area contributed by atoms with Crippen LogP contribution < -0.4 is 10.5 Å². The van der Waals surface area contributed by atoms with Crippen molar-refractivity contribution in [1.82, 2.24) is 35.1 Å². The molecule has 10 nitrogen and oxygen atoms in total. The van der Waals surface area contributed by atoms with Crippen LogP contribution in [0, 0.1) is 0 Å². The van der Waals surface area contributed by atoms with Crippen LogP contribution in [0.3, 0.4) is 0 Å². The predicted octanol–water partition coefficient (Wildman–Crippen LogP) is -0.111. The molecule has 1 saturated heterocycles. The summed E-state index contributed by atoms with van der Waals surface area (Å²) in [6, 6.07) is 9.28. The van der Waals surface area contributed by atoms with Crippen molar-refractivity contribution >= 4 is 11.7 Å². The Labute approximate surface area is 160 Å². The lowest BCUT2D eigenvalue weighted by Gasteiger charge is -2.36. The molecule has 1 aromatic carbocycles. The van der Waals surface area contributed by atoms with Gasteiger partial charge in [-0.1, -0.05) is 30.3 Å². The van der Waals surface area contributed by atoms with Crippen LogP contribution in [0.5, 0.6) is 0 Å². The summed E-state index contributed by atoms with van der Waals surface area (Å²) in [6.45, 7) is 2.09. The zero-order chi connectivity index (χ0) is 19.3. The second-order valence-electron chi connectivity index (χ2n) is 6.55. The van der Waals surface area contributed by atoms with E-state index in [0.717, 1.165) is 5.56 Å². The monoisotopic (exact) mass is 380 g/mol. The number of piperazine rings is 1. The first-order valence-electron chi connectivity index (χ1n) is 9.06. The normalized spacial score (nSPS) is 15.4. The molecule has 0 radical (unpaired) electrons. The number of hydrogen-bond acceptors (Lipinski definition) is 7. The molecule has 1 fully saturated rings. The van der Waals surface area contributed by atoms with Gasteiger partial charge in [-0.2, -0.15) is 0 Å². The van der Waals surface area contributed by atoms with Crippen molar-refractivity contribution in [2.75, 3.05) is 31.1 Å². The van der Waals surface area contributed by atoms with E-state index in [1.165, 1.54) is 17.2 Å². The van der Waals surface area contributed by atoms with Gasteiger partial charge in [0, 0.05) is 45.0 Å². The minimum Gasteiger partial charge on any atom is -0.348 e. The van der Waals surface area contributed by atoms with Crippen LogP contribution >= 0.6 is 0 Å². The van der Waals surface area contributed by atoms with Gasteiger partial charge in [-0.3, -0.25) is 9.59 Å². The average molecular weight is 380 g/mol. The molecule has 144 valence electrons. The number of carbonyl (C=O) groups is 1. The van der Waals surface area contributed by atoms with Crippen molar-refractivity contribution in [3.8, 4) is 0 Å². The van der Waals surface area contributed by atoms with E-state index in [9.17, 15) is 9.59 Å². The number of aromatic nitrogens is 6. The van der Waals surface area contributed by atoms with Gasteiger partial charge in [-0.05, 0) is 16.0 Å². The first kappa shape index (κ1) is 17.8. The van der Waals surface area contributed by atoms with Gasteiger partial charge in [0.15, 0.2) is 5.82 Å². The number of rotatable bonds is 5. The summed E-state index contributed by atoms with van der Waals surface area (Å²) in [6.07, 6.45) is 5.04. The van der Waals surface area contributed by atoms with Gasteiger partial charge in [0.2, 0.25) is 5.91 Å². The lowest BCUT2D eigenvalue weighted by Crippen LogP contribution is -2.52. The van der Waals surface area contributed by atoms with E-state index < -0.39 is 6.04 Å². The van der Waals surface area contributed by atoms with Crippen molar-refractivity contribution in [1.29, 1.82) is 0 Å². The van der Waals surface area contributed by atoms with E-state index in [1.807, 2.05) is 35.2 Å². The summed E-state index contributed by atoms with van der Waals surface area (Å²) < 4.78 is 1.51. The molecule has 0 bridgehead atoms. The Morgan fingerprint density at radius 3 is 2.61 bits per heavy atom. The highest BCUT2D eigenvalue weighted by Crippen LogP contribution is 2.18. The molecule has 28 heavy (non-hydrogen) atoms. The van der Waals surface area contributed by atoms with Crippen molar-refractivity contribution in [3.63, 3.8) is 0 Å². The number of aromatic amines is 1. The van der Waals surface area contributed by atoms with Crippen LogP contribution in [-0.4, -0.2) is 67.2 Å². The Hall–Kier alpha value is -3.56. The highest BCUT2D eigenvalue weighted by molar-refractivity contribution is 5.81. The molecule has 10 heteroatoms. The summed E-state index contributed by atoms with van der Waals surface area (Å²) in [5, 5.41) is 11.3. The van der Waals surface area contributed by atoms with Crippen LogP contribution in [0.2, 0.25) is 0 Å². The summed E-state index contributed by atoms with van der Waals surface area (Å²) in [4.78, 5) is 35.6. The fraction of sp³-hybridized carbons (Fsp3) is 0.333. The molecule has 1 N–H and O–H groups in total. The summed E-state index contributed by atoms with van der Waals surface area (Å²) in [5.41, 5.74) is 0.813. The van der Waals surface area contributed by atoms with Gasteiger partial charge in [0.05, 0.1) is 0 Å². The third kappa shape index (κ3) is 3.75. The number of anilines is 1. The molecule has 1 amide bonds. The van der Waals surface area contributed by atoms with Crippen molar-refractivity contribution in [3.05, 3.63) is 65.0 Å². The zero-order valence-corrected chi connectivity index (χ0v) is 15.2. The van der Waals surface area contributed by atoms with E-state index in [2.05, 4.69) is 25.5 Å². The molecule has 1 aliphatic heterocycles. The fourth-order valence-electron chi connectivity index (χ4n) is 3.36. The Balaban J connectivity index is 1.47. The number of hydrogen-bond donors (Lipinski definition) is 1. The van der Waals surface area contributed by atoms with Crippen LogP contribution in [0.1, 0.15) is 11.6 Å². The molecule has 3 heterocycles. The number of carbonyl (C=O) groups excluding carboxylic acids is 1. The molecular weight excluding hydrogens is 360 g/mol. The minimum absolute atomic E-state index is 0.0364. The first-order valence-corrected chi connectivity index (χ1v) is 9.06. The number of H-pyrrole nitrogens is 1. The molecule has 1 aliphatic rings. The molecule has 4 rings (SSSR count). The topological polar surface area (TPSA) is 113 Å². The number of tetrazole rings is 1. The number of nitrogens with one attached hydrogen (secondary N) is 1. The second-order valence-corrected chi connectivity index (χ2v) is 6.55. The van der Waals surface area contributed by atoms with Gasteiger partial charge in [-0.25, -0.2) is 9.67 Å². The highest BCUT2D eigenvalue weighted by Gasteiger charge is 2.30. The van der Waals surface area contributed by atoms with Crippen molar-refractivity contribution in [2.24, 2.45) is 0 Å². The van der Waals surface area contributed by atoms with Crippen LogP contribution in [0.25, 0.3) is 0 Å². The maximum atomic E-state index is 13.2. The van der Waals surface area contributed by atoms with E-state index in [1.54, 1.807) is 11.1 Å².